The van der Waals surface area contributed by atoms with Crippen molar-refractivity contribution < 1.29 is 23.0 Å². The number of rotatable bonds is 8. The monoisotopic (exact) mass is 376 g/mol. The van der Waals surface area contributed by atoms with Gasteiger partial charge in [-0.15, -0.1) is 10.2 Å². The molecule has 0 unspecified atom stereocenters. The van der Waals surface area contributed by atoms with E-state index in [1.54, 1.807) is 50.6 Å². The van der Waals surface area contributed by atoms with Gasteiger partial charge in [-0.25, -0.2) is 4.39 Å². The van der Waals surface area contributed by atoms with E-state index in [-0.39, 0.29) is 11.6 Å². The average Bonchev–Trinajstić information content (AvgIpc) is 3.15. The zero-order valence-electron chi connectivity index (χ0n) is 14.3. The number of aromatic nitrogens is 2. The highest BCUT2D eigenvalue weighted by Crippen LogP contribution is 2.30. The van der Waals surface area contributed by atoms with Gasteiger partial charge in [0, 0.05) is 17.4 Å². The van der Waals surface area contributed by atoms with Crippen molar-refractivity contribution in [2.24, 2.45) is 0 Å². The van der Waals surface area contributed by atoms with Crippen molar-refractivity contribution >= 4 is 11.8 Å². The van der Waals surface area contributed by atoms with Gasteiger partial charge in [0.1, 0.15) is 11.5 Å². The summed E-state index contributed by atoms with van der Waals surface area (Å²) in [5.74, 6) is 2.00. The molecule has 0 atom stereocenters. The lowest BCUT2D eigenvalue weighted by Crippen LogP contribution is -2.01. The molecule has 8 heteroatoms. The Labute approximate surface area is 154 Å². The van der Waals surface area contributed by atoms with Gasteiger partial charge in [0.2, 0.25) is 5.89 Å². The Hall–Kier alpha value is -2.74. The van der Waals surface area contributed by atoms with Gasteiger partial charge in [-0.2, -0.15) is 0 Å². The van der Waals surface area contributed by atoms with Crippen LogP contribution >= 0.6 is 11.8 Å². The lowest BCUT2D eigenvalue weighted by Gasteiger charge is -2.06. The highest BCUT2D eigenvalue weighted by atomic mass is 32.2. The quantitative estimate of drug-likeness (QED) is 0.434. The first-order valence-corrected chi connectivity index (χ1v) is 8.75. The predicted molar refractivity (Wildman–Crippen MR) is 95.5 cm³/mol. The van der Waals surface area contributed by atoms with Gasteiger partial charge in [-0.05, 0) is 24.3 Å². The summed E-state index contributed by atoms with van der Waals surface area (Å²) < 4.78 is 35.0. The molecule has 0 saturated heterocycles. The maximum Gasteiger partial charge on any atom is 0.276 e. The third-order valence-corrected chi connectivity index (χ3v) is 4.19. The van der Waals surface area contributed by atoms with E-state index < -0.39 is 0 Å². The van der Waals surface area contributed by atoms with E-state index in [2.05, 4.69) is 10.2 Å². The van der Waals surface area contributed by atoms with Crippen LogP contribution in [0.5, 0.6) is 17.2 Å². The topological polar surface area (TPSA) is 66.6 Å². The molecule has 0 fully saturated rings. The van der Waals surface area contributed by atoms with Crippen molar-refractivity contribution in [1.82, 2.24) is 10.2 Å². The van der Waals surface area contributed by atoms with Gasteiger partial charge in [0.25, 0.3) is 5.22 Å². The Morgan fingerprint density at radius 3 is 2.46 bits per heavy atom. The summed E-state index contributed by atoms with van der Waals surface area (Å²) in [5, 5.41) is 8.44. The molecule has 0 N–H and O–H groups in total. The summed E-state index contributed by atoms with van der Waals surface area (Å²) in [4.78, 5) is 0. The molecule has 1 aromatic heterocycles. The Bertz CT molecular complexity index is 850. The molecule has 0 saturated carbocycles. The van der Waals surface area contributed by atoms with Gasteiger partial charge in [-0.1, -0.05) is 23.9 Å². The number of methoxy groups -OCH3 is 2. The fourth-order valence-electron chi connectivity index (χ4n) is 2.16. The second-order valence-corrected chi connectivity index (χ2v) is 6.15. The first kappa shape index (κ1) is 18.1. The van der Waals surface area contributed by atoms with Gasteiger partial charge >= 0.3 is 0 Å². The molecule has 0 radical (unpaired) electrons. The van der Waals surface area contributed by atoms with Crippen LogP contribution in [0.15, 0.2) is 52.1 Å². The van der Waals surface area contributed by atoms with Crippen LogP contribution in [-0.2, 0) is 0 Å². The number of hydrogen-bond acceptors (Lipinski definition) is 7. The van der Waals surface area contributed by atoms with Gasteiger partial charge in [-0.3, -0.25) is 0 Å². The number of hydrogen-bond donors (Lipinski definition) is 0. The molecule has 3 aromatic rings. The van der Waals surface area contributed by atoms with E-state index in [0.717, 1.165) is 0 Å². The van der Waals surface area contributed by atoms with E-state index in [1.165, 1.54) is 17.8 Å². The second-order valence-electron chi connectivity index (χ2n) is 5.10. The Balaban J connectivity index is 1.59. The number of ether oxygens (including phenoxy) is 3. The first-order valence-electron chi connectivity index (χ1n) is 7.76. The summed E-state index contributed by atoms with van der Waals surface area (Å²) in [6.45, 7) is 0.316. The van der Waals surface area contributed by atoms with Crippen LogP contribution in [0.3, 0.4) is 0 Å². The zero-order valence-corrected chi connectivity index (χ0v) is 15.1. The lowest BCUT2D eigenvalue weighted by atomic mass is 10.2. The Morgan fingerprint density at radius 2 is 1.77 bits per heavy atom. The third-order valence-electron chi connectivity index (χ3n) is 3.41. The summed E-state index contributed by atoms with van der Waals surface area (Å²) in [5.41, 5.74) is 0.697. The molecule has 0 amide bonds. The minimum Gasteiger partial charge on any atom is -0.497 e. The summed E-state index contributed by atoms with van der Waals surface area (Å²) in [6, 6.07) is 11.6. The smallest absolute Gasteiger partial charge is 0.276 e. The van der Waals surface area contributed by atoms with E-state index in [1.807, 2.05) is 0 Å². The Morgan fingerprint density at radius 1 is 1.04 bits per heavy atom. The zero-order chi connectivity index (χ0) is 18.4. The van der Waals surface area contributed by atoms with E-state index in [0.29, 0.717) is 40.5 Å². The maximum absolute atomic E-state index is 13.5. The van der Waals surface area contributed by atoms with Crippen LogP contribution in [0.1, 0.15) is 0 Å². The molecule has 2 aromatic carbocycles. The van der Waals surface area contributed by atoms with Gasteiger partial charge < -0.3 is 18.6 Å². The minimum absolute atomic E-state index is 0.225. The average molecular weight is 376 g/mol. The number of benzene rings is 2. The van der Waals surface area contributed by atoms with Crippen LogP contribution in [0.4, 0.5) is 4.39 Å². The molecule has 136 valence electrons. The maximum atomic E-state index is 13.5. The molecular formula is C18H17FN2O4S. The first-order chi connectivity index (χ1) is 12.7. The molecule has 0 aliphatic heterocycles. The van der Waals surface area contributed by atoms with Crippen LogP contribution < -0.4 is 14.2 Å². The van der Waals surface area contributed by atoms with Crippen molar-refractivity contribution in [3.63, 3.8) is 0 Å². The molecule has 6 nitrogen and oxygen atoms in total. The van der Waals surface area contributed by atoms with E-state index >= 15 is 0 Å². The minimum atomic E-state index is -0.385. The molecular weight excluding hydrogens is 359 g/mol. The summed E-state index contributed by atoms with van der Waals surface area (Å²) >= 11 is 1.33. The fourth-order valence-corrected chi connectivity index (χ4v) is 2.74. The largest absolute Gasteiger partial charge is 0.497 e. The van der Waals surface area contributed by atoms with Crippen LogP contribution in [0, 0.1) is 5.82 Å². The van der Waals surface area contributed by atoms with Crippen LogP contribution in [-0.4, -0.2) is 36.8 Å². The highest BCUT2D eigenvalue weighted by molar-refractivity contribution is 7.99. The molecule has 3 rings (SSSR count). The molecule has 1 heterocycles. The number of thioether (sulfide) groups is 1. The molecule has 26 heavy (non-hydrogen) atoms. The highest BCUT2D eigenvalue weighted by Gasteiger charge is 2.12. The van der Waals surface area contributed by atoms with Gasteiger partial charge in [0.15, 0.2) is 11.6 Å². The molecule has 0 aliphatic rings. The van der Waals surface area contributed by atoms with Crippen molar-refractivity contribution in [3.8, 4) is 28.7 Å². The molecule has 0 bridgehead atoms. The SMILES string of the molecule is COc1cc(OC)cc(-c2nnc(SCCOc3ccccc3F)o2)c1. The summed E-state index contributed by atoms with van der Waals surface area (Å²) in [6.07, 6.45) is 0. The molecule has 0 aliphatic carbocycles. The molecule has 0 spiro atoms. The normalized spacial score (nSPS) is 10.6. The van der Waals surface area contributed by atoms with E-state index in [4.69, 9.17) is 18.6 Å². The summed E-state index contributed by atoms with van der Waals surface area (Å²) in [7, 11) is 3.15. The number of halogens is 1. The lowest BCUT2D eigenvalue weighted by molar-refractivity contribution is 0.324. The van der Waals surface area contributed by atoms with Crippen molar-refractivity contribution in [2.75, 3.05) is 26.6 Å². The Kier molecular flexibility index (Phi) is 5.96. The van der Waals surface area contributed by atoms with Gasteiger partial charge in [0.05, 0.1) is 20.8 Å². The third kappa shape index (κ3) is 4.45. The standard InChI is InChI=1S/C18H17FN2O4S/c1-22-13-9-12(10-14(11-13)23-2)17-20-21-18(25-17)26-8-7-24-16-6-4-3-5-15(16)19/h3-6,9-11H,7-8H2,1-2H3. The second kappa shape index (κ2) is 8.57. The number of para-hydroxylation sites is 1. The van der Waals surface area contributed by atoms with Crippen molar-refractivity contribution in [3.05, 3.63) is 48.3 Å². The van der Waals surface area contributed by atoms with Crippen LogP contribution in [0.2, 0.25) is 0 Å². The fraction of sp³-hybridized carbons (Fsp3) is 0.222. The van der Waals surface area contributed by atoms with Crippen LogP contribution in [0.25, 0.3) is 11.5 Å². The predicted octanol–water partition coefficient (Wildman–Crippen LogP) is 4.06. The number of nitrogens with zero attached hydrogens (tertiary/aromatic N) is 2. The van der Waals surface area contributed by atoms with Crippen molar-refractivity contribution in [2.45, 2.75) is 5.22 Å². The van der Waals surface area contributed by atoms with Crippen molar-refractivity contribution in [1.29, 1.82) is 0 Å². The van der Waals surface area contributed by atoms with E-state index in [9.17, 15) is 4.39 Å².